The standard InChI is InChI=1S/C17H27NO/c1-4-13(2)14(3)18-15-9-11-17(12-10-15)19-16-7-5-6-8-16/h9-14,16,18H,4-8H2,1-3H3. The van der Waals surface area contributed by atoms with Crippen molar-refractivity contribution in [2.45, 2.75) is 65.0 Å². The molecule has 2 heteroatoms. The van der Waals surface area contributed by atoms with E-state index >= 15 is 0 Å². The molecule has 0 bridgehead atoms. The van der Waals surface area contributed by atoms with E-state index in [4.69, 9.17) is 4.74 Å². The van der Waals surface area contributed by atoms with E-state index in [1.165, 1.54) is 37.8 Å². The summed E-state index contributed by atoms with van der Waals surface area (Å²) in [5, 5.41) is 3.56. The van der Waals surface area contributed by atoms with Gasteiger partial charge < -0.3 is 10.1 Å². The summed E-state index contributed by atoms with van der Waals surface area (Å²) >= 11 is 0. The second-order valence-electron chi connectivity index (χ2n) is 5.87. The summed E-state index contributed by atoms with van der Waals surface area (Å²) in [6, 6.07) is 8.94. The molecule has 1 saturated carbocycles. The fourth-order valence-electron chi connectivity index (χ4n) is 2.59. The van der Waals surface area contributed by atoms with E-state index in [0.717, 1.165) is 5.75 Å². The molecule has 19 heavy (non-hydrogen) atoms. The molecule has 106 valence electrons. The third-order valence-electron chi connectivity index (χ3n) is 4.35. The molecule has 1 aromatic rings. The van der Waals surface area contributed by atoms with Crippen LogP contribution in [0.1, 0.15) is 52.9 Å². The van der Waals surface area contributed by atoms with Gasteiger partial charge in [-0.2, -0.15) is 0 Å². The maximum atomic E-state index is 5.98. The molecule has 0 radical (unpaired) electrons. The van der Waals surface area contributed by atoms with Crippen LogP contribution >= 0.6 is 0 Å². The van der Waals surface area contributed by atoms with Gasteiger partial charge in [0.1, 0.15) is 5.75 Å². The molecule has 0 spiro atoms. The smallest absolute Gasteiger partial charge is 0.119 e. The highest BCUT2D eigenvalue weighted by molar-refractivity contribution is 5.47. The van der Waals surface area contributed by atoms with Crippen molar-refractivity contribution < 1.29 is 4.74 Å². The number of ether oxygens (including phenoxy) is 1. The number of nitrogens with one attached hydrogen (secondary N) is 1. The predicted molar refractivity (Wildman–Crippen MR) is 81.9 cm³/mol. The van der Waals surface area contributed by atoms with Crippen LogP contribution in [0.3, 0.4) is 0 Å². The van der Waals surface area contributed by atoms with E-state index in [2.05, 4.69) is 50.4 Å². The maximum Gasteiger partial charge on any atom is 0.119 e. The van der Waals surface area contributed by atoms with Crippen LogP contribution in [0.15, 0.2) is 24.3 Å². The fourth-order valence-corrected chi connectivity index (χ4v) is 2.59. The van der Waals surface area contributed by atoms with Gasteiger partial charge in [-0.25, -0.2) is 0 Å². The van der Waals surface area contributed by atoms with Crippen molar-refractivity contribution in [3.63, 3.8) is 0 Å². The van der Waals surface area contributed by atoms with Crippen molar-refractivity contribution in [1.82, 2.24) is 0 Å². The number of hydrogen-bond acceptors (Lipinski definition) is 2. The van der Waals surface area contributed by atoms with Gasteiger partial charge in [0.25, 0.3) is 0 Å². The predicted octanol–water partition coefficient (Wildman–Crippen LogP) is 4.85. The summed E-state index contributed by atoms with van der Waals surface area (Å²) in [5.41, 5.74) is 1.19. The van der Waals surface area contributed by atoms with Gasteiger partial charge in [0.05, 0.1) is 6.10 Å². The van der Waals surface area contributed by atoms with Gasteiger partial charge in [0.2, 0.25) is 0 Å². The Morgan fingerprint density at radius 3 is 2.37 bits per heavy atom. The molecule has 0 amide bonds. The summed E-state index contributed by atoms with van der Waals surface area (Å²) in [6.07, 6.45) is 6.71. The van der Waals surface area contributed by atoms with Crippen molar-refractivity contribution in [2.24, 2.45) is 5.92 Å². The van der Waals surface area contributed by atoms with Gasteiger partial charge in [-0.05, 0) is 62.8 Å². The lowest BCUT2D eigenvalue weighted by molar-refractivity contribution is 0.210. The van der Waals surface area contributed by atoms with E-state index < -0.39 is 0 Å². The molecule has 2 nitrogen and oxygen atoms in total. The van der Waals surface area contributed by atoms with E-state index in [-0.39, 0.29) is 0 Å². The zero-order chi connectivity index (χ0) is 13.7. The Kier molecular flexibility index (Phi) is 5.12. The summed E-state index contributed by atoms with van der Waals surface area (Å²) < 4.78 is 5.98. The highest BCUT2D eigenvalue weighted by Gasteiger charge is 2.16. The summed E-state index contributed by atoms with van der Waals surface area (Å²) in [7, 11) is 0. The first-order valence-electron chi connectivity index (χ1n) is 7.72. The minimum absolute atomic E-state index is 0.442. The second-order valence-corrected chi connectivity index (χ2v) is 5.87. The first-order chi connectivity index (χ1) is 9.19. The quantitative estimate of drug-likeness (QED) is 0.790. The maximum absolute atomic E-state index is 5.98. The molecule has 1 fully saturated rings. The van der Waals surface area contributed by atoms with E-state index in [0.29, 0.717) is 18.1 Å². The Morgan fingerprint density at radius 1 is 1.16 bits per heavy atom. The molecule has 1 aliphatic rings. The van der Waals surface area contributed by atoms with Gasteiger partial charge in [-0.15, -0.1) is 0 Å². The van der Waals surface area contributed by atoms with Gasteiger partial charge in [-0.3, -0.25) is 0 Å². The zero-order valence-electron chi connectivity index (χ0n) is 12.5. The summed E-state index contributed by atoms with van der Waals surface area (Å²) in [5.74, 6) is 1.70. The fraction of sp³-hybridized carbons (Fsp3) is 0.647. The zero-order valence-corrected chi connectivity index (χ0v) is 12.5. The van der Waals surface area contributed by atoms with Crippen molar-refractivity contribution >= 4 is 5.69 Å². The van der Waals surface area contributed by atoms with Crippen LogP contribution in [0.5, 0.6) is 5.75 Å². The van der Waals surface area contributed by atoms with Crippen molar-refractivity contribution in [2.75, 3.05) is 5.32 Å². The normalized spacial score (nSPS) is 19.1. The molecule has 1 aliphatic carbocycles. The Bertz CT molecular complexity index is 367. The van der Waals surface area contributed by atoms with Gasteiger partial charge in [0, 0.05) is 11.7 Å². The van der Waals surface area contributed by atoms with E-state index in [1.54, 1.807) is 0 Å². The Morgan fingerprint density at radius 2 is 1.79 bits per heavy atom. The molecular weight excluding hydrogens is 234 g/mol. The van der Waals surface area contributed by atoms with Crippen molar-refractivity contribution in [3.05, 3.63) is 24.3 Å². The average molecular weight is 261 g/mol. The number of benzene rings is 1. The monoisotopic (exact) mass is 261 g/mol. The number of hydrogen-bond donors (Lipinski definition) is 1. The highest BCUT2D eigenvalue weighted by Crippen LogP contribution is 2.25. The molecule has 1 aromatic carbocycles. The molecule has 0 aromatic heterocycles. The molecule has 0 heterocycles. The lowest BCUT2D eigenvalue weighted by Gasteiger charge is -2.21. The topological polar surface area (TPSA) is 21.3 Å². The SMILES string of the molecule is CCC(C)C(C)Nc1ccc(OC2CCCC2)cc1. The largest absolute Gasteiger partial charge is 0.490 e. The van der Waals surface area contributed by atoms with E-state index in [1.807, 2.05) is 0 Å². The lowest BCUT2D eigenvalue weighted by atomic mass is 10.0. The van der Waals surface area contributed by atoms with Crippen molar-refractivity contribution in [3.8, 4) is 5.75 Å². The second kappa shape index (κ2) is 6.83. The molecular formula is C17H27NO. The first kappa shape index (κ1) is 14.2. The lowest BCUT2D eigenvalue weighted by Crippen LogP contribution is -2.23. The molecule has 0 saturated heterocycles. The highest BCUT2D eigenvalue weighted by atomic mass is 16.5. The molecule has 0 aliphatic heterocycles. The van der Waals surface area contributed by atoms with Crippen LogP contribution in [-0.4, -0.2) is 12.1 Å². The molecule has 2 atom stereocenters. The first-order valence-corrected chi connectivity index (χ1v) is 7.72. The van der Waals surface area contributed by atoms with Gasteiger partial charge in [-0.1, -0.05) is 20.3 Å². The number of anilines is 1. The van der Waals surface area contributed by atoms with Crippen LogP contribution in [0.4, 0.5) is 5.69 Å². The summed E-state index contributed by atoms with van der Waals surface area (Å²) in [6.45, 7) is 6.77. The number of rotatable bonds is 6. The molecule has 2 rings (SSSR count). The van der Waals surface area contributed by atoms with Crippen molar-refractivity contribution in [1.29, 1.82) is 0 Å². The summed E-state index contributed by atoms with van der Waals surface area (Å²) in [4.78, 5) is 0. The van der Waals surface area contributed by atoms with Crippen LogP contribution in [0.25, 0.3) is 0 Å². The third-order valence-corrected chi connectivity index (χ3v) is 4.35. The molecule has 1 N–H and O–H groups in total. The average Bonchev–Trinajstić information content (AvgIpc) is 2.93. The van der Waals surface area contributed by atoms with Gasteiger partial charge in [0.15, 0.2) is 0 Å². The van der Waals surface area contributed by atoms with Crippen LogP contribution in [0, 0.1) is 5.92 Å². The minimum atomic E-state index is 0.442. The third kappa shape index (κ3) is 4.15. The Balaban J connectivity index is 1.87. The van der Waals surface area contributed by atoms with Crippen LogP contribution in [-0.2, 0) is 0 Å². The Labute approximate surface area is 117 Å². The minimum Gasteiger partial charge on any atom is -0.490 e. The van der Waals surface area contributed by atoms with Gasteiger partial charge >= 0.3 is 0 Å². The van der Waals surface area contributed by atoms with Crippen LogP contribution in [0.2, 0.25) is 0 Å². The van der Waals surface area contributed by atoms with E-state index in [9.17, 15) is 0 Å². The molecule has 2 unspecified atom stereocenters. The Hall–Kier alpha value is -1.18. The van der Waals surface area contributed by atoms with Crippen LogP contribution < -0.4 is 10.1 Å².